The predicted octanol–water partition coefficient (Wildman–Crippen LogP) is -3.10. The summed E-state index contributed by atoms with van der Waals surface area (Å²) in [6, 6.07) is 0. The third-order valence-corrected chi connectivity index (χ3v) is 22.2. The summed E-state index contributed by atoms with van der Waals surface area (Å²) >= 11 is 0. The molecule has 0 aromatic rings. The van der Waals surface area contributed by atoms with E-state index in [2.05, 4.69) is 40.7 Å². The average molecular weight is 1210 g/mol. The Hall–Kier alpha value is -1.30. The quantitative estimate of drug-likeness (QED) is 0.0477. The van der Waals surface area contributed by atoms with Gasteiger partial charge in [0.05, 0.1) is 50.8 Å². The molecular weight excluding hydrogens is 1110 g/mol. The van der Waals surface area contributed by atoms with Crippen molar-refractivity contribution >= 4 is 0 Å². The van der Waals surface area contributed by atoms with Crippen molar-refractivity contribution < 1.29 is 129 Å². The van der Waals surface area contributed by atoms with Gasteiger partial charge in [-0.1, -0.05) is 46.3 Å². The molecule has 0 aromatic carbocycles. The van der Waals surface area contributed by atoms with Gasteiger partial charge in [0.1, 0.15) is 110 Å². The van der Waals surface area contributed by atoms with Gasteiger partial charge in [-0.2, -0.15) is 0 Å². The van der Waals surface area contributed by atoms with E-state index in [9.17, 15) is 81.7 Å². The smallest absolute Gasteiger partial charge is 0.187 e. The molecule has 0 amide bonds. The molecule has 33 atom stereocenters. The van der Waals surface area contributed by atoms with Gasteiger partial charge in [0, 0.05) is 0 Å². The largest absolute Gasteiger partial charge is 0.394 e. The van der Waals surface area contributed by atoms with Crippen LogP contribution in [0.25, 0.3) is 0 Å². The van der Waals surface area contributed by atoms with Gasteiger partial charge in [-0.25, -0.2) is 0 Å². The standard InChI is InChI=1S/C58H98O26/c1-24(2)10-9-14-58(8,84-52-47(74)42(69)39(66)30(80-52)23-77-50-45(72)38(65)29(20-60)78-50)25-11-16-57(7)35(25)26(61)18-33-55(5)15-13-34(54(3,4)32(55)12-17-56(33,57)6)82-53-48(83-51-46(73)41(68)37(64)28(19-59)79-51)43(70)40(67)31(81-53)22-76-49-44(71)36(63)27(62)21-75-49/h10,25-53,59-74H,9,11-23H2,1-8H3/t25-,26+,27+,28+,29+,30+,31+,32-,33+,34-,35-,36-,37+,38+,39+,40+,41-,42-,43-,44+,45-,46+,47+,48+,49-,50-,51-,52-,53-,55-,56+,57+,58-/m0/s1. The monoisotopic (exact) mass is 1210 g/mol. The molecule has 0 radical (unpaired) electrons. The molecule has 9 rings (SSSR count). The summed E-state index contributed by atoms with van der Waals surface area (Å²) in [6.07, 6.45) is -29.9. The Kier molecular flexibility index (Phi) is 20.6. The number of fused-ring (bicyclic) bond motifs is 5. The van der Waals surface area contributed by atoms with Crippen molar-refractivity contribution in [3.05, 3.63) is 11.6 Å². The second-order valence-corrected chi connectivity index (χ2v) is 27.7. The highest BCUT2D eigenvalue weighted by Crippen LogP contribution is 2.76. The van der Waals surface area contributed by atoms with E-state index < -0.39 is 196 Å². The summed E-state index contributed by atoms with van der Waals surface area (Å²) in [5.74, 6) is -0.598. The Labute approximate surface area is 490 Å². The normalized spacial score (nSPS) is 52.9. The van der Waals surface area contributed by atoms with Gasteiger partial charge >= 0.3 is 0 Å². The van der Waals surface area contributed by atoms with E-state index in [1.54, 1.807) is 0 Å². The van der Waals surface area contributed by atoms with Crippen molar-refractivity contribution in [1.29, 1.82) is 0 Å². The first-order valence-corrected chi connectivity index (χ1v) is 30.2. The Morgan fingerprint density at radius 3 is 1.68 bits per heavy atom. The first kappa shape index (κ1) is 67.1. The number of hydrogen-bond acceptors (Lipinski definition) is 26. The number of aliphatic hydroxyl groups excluding tert-OH is 16. The van der Waals surface area contributed by atoms with E-state index >= 15 is 0 Å². The van der Waals surface area contributed by atoms with E-state index in [0.29, 0.717) is 38.5 Å². The summed E-state index contributed by atoms with van der Waals surface area (Å²) in [5.41, 5.74) is -1.78. The second-order valence-electron chi connectivity index (χ2n) is 27.7. The third kappa shape index (κ3) is 12.0. The van der Waals surface area contributed by atoms with E-state index in [1.165, 1.54) is 0 Å². The molecule has 0 aromatic heterocycles. The van der Waals surface area contributed by atoms with Crippen LogP contribution in [0.2, 0.25) is 0 Å². The Balaban J connectivity index is 0.939. The molecule has 16 N–H and O–H groups in total. The van der Waals surface area contributed by atoms with E-state index in [0.717, 1.165) is 24.8 Å². The van der Waals surface area contributed by atoms with Crippen LogP contribution in [0.5, 0.6) is 0 Å². The third-order valence-electron chi connectivity index (χ3n) is 22.2. The van der Waals surface area contributed by atoms with Gasteiger partial charge in [-0.05, 0) is 124 Å². The molecule has 26 heteroatoms. The highest BCUT2D eigenvalue weighted by Gasteiger charge is 2.72. The molecule has 0 bridgehead atoms. The molecule has 26 nitrogen and oxygen atoms in total. The van der Waals surface area contributed by atoms with Crippen LogP contribution in [-0.2, 0) is 47.4 Å². The summed E-state index contributed by atoms with van der Waals surface area (Å²) < 4.78 is 60.7. The zero-order valence-electron chi connectivity index (χ0n) is 49.5. The molecule has 4 aliphatic carbocycles. The SMILES string of the molecule is CC(C)=CCC[C@](C)(O[C@@H]1O[C@H](CO[C@H]2O[C@H](CO)[C@@H](O)[C@@H]2O)[C@@H](O)[C@H](O)[C@H]1O)[C@H]1CC[C@]2(C)[C@@H]1[C@H](O)C[C@@H]1[C@@]3(C)CC[C@H](O[C@@H]4O[C@H](CO[C@@H]5OC[C@@H](O)[C@H](O)[C@H]5O)[C@@H](O)[C@H](O)[C@H]4O[C@@H]4O[C@H](CO)[C@@H](O)[C@H](O)[C@H]4O)C(C)(C)[C@@H]3CC[C@]12C. The average Bonchev–Trinajstić information content (AvgIpc) is 1.25. The fourth-order valence-electron chi connectivity index (χ4n) is 17.2. The van der Waals surface area contributed by atoms with Crippen LogP contribution in [0.3, 0.4) is 0 Å². The topological polar surface area (TPSA) is 416 Å². The van der Waals surface area contributed by atoms with Crippen molar-refractivity contribution in [2.24, 2.45) is 45.3 Å². The van der Waals surface area contributed by atoms with Gasteiger partial charge in [0.25, 0.3) is 0 Å². The lowest BCUT2D eigenvalue weighted by Crippen LogP contribution is -2.68. The highest BCUT2D eigenvalue weighted by molar-refractivity contribution is 5.21. The number of hydrogen-bond donors (Lipinski definition) is 16. The first-order chi connectivity index (χ1) is 39.4. The number of aliphatic hydroxyl groups is 16. The summed E-state index contributed by atoms with van der Waals surface area (Å²) in [7, 11) is 0. The molecule has 0 unspecified atom stereocenters. The van der Waals surface area contributed by atoms with E-state index in [4.69, 9.17) is 47.4 Å². The summed E-state index contributed by atoms with van der Waals surface area (Å²) in [5, 5.41) is 174. The summed E-state index contributed by atoms with van der Waals surface area (Å²) in [4.78, 5) is 0. The zero-order valence-corrected chi connectivity index (χ0v) is 49.5. The van der Waals surface area contributed by atoms with Crippen molar-refractivity contribution in [3.8, 4) is 0 Å². The highest BCUT2D eigenvalue weighted by atomic mass is 16.8. The van der Waals surface area contributed by atoms with Crippen LogP contribution in [0, 0.1) is 45.3 Å². The van der Waals surface area contributed by atoms with Gasteiger partial charge in [-0.15, -0.1) is 0 Å². The minimum atomic E-state index is -1.88. The molecule has 5 heterocycles. The molecule has 9 fully saturated rings. The lowest BCUT2D eigenvalue weighted by molar-refractivity contribution is -0.382. The van der Waals surface area contributed by atoms with Crippen LogP contribution < -0.4 is 0 Å². The molecule has 9 aliphatic rings. The maximum atomic E-state index is 12.9. The lowest BCUT2D eigenvalue weighted by atomic mass is 9.35. The lowest BCUT2D eigenvalue weighted by Gasteiger charge is -2.71. The molecule has 0 spiro atoms. The maximum Gasteiger partial charge on any atom is 0.187 e. The van der Waals surface area contributed by atoms with Crippen LogP contribution >= 0.6 is 0 Å². The first-order valence-electron chi connectivity index (χ1n) is 30.2. The Morgan fingerprint density at radius 1 is 0.524 bits per heavy atom. The maximum absolute atomic E-state index is 12.9. The molecule has 5 saturated heterocycles. The van der Waals surface area contributed by atoms with Crippen LogP contribution in [0.15, 0.2) is 11.6 Å². The van der Waals surface area contributed by atoms with E-state index in [1.807, 2.05) is 20.8 Å². The van der Waals surface area contributed by atoms with Gasteiger partial charge in [0.2, 0.25) is 0 Å². The Bertz CT molecular complexity index is 2210. The van der Waals surface area contributed by atoms with Gasteiger partial charge < -0.3 is 129 Å². The number of allylic oxidation sites excluding steroid dienone is 2. The fraction of sp³-hybridized carbons (Fsp3) is 0.966. The zero-order chi connectivity index (χ0) is 61.5. The van der Waals surface area contributed by atoms with Crippen LogP contribution in [-0.4, -0.2) is 274 Å². The number of rotatable bonds is 18. The molecule has 4 saturated carbocycles. The van der Waals surface area contributed by atoms with E-state index in [-0.39, 0.29) is 41.1 Å². The Morgan fingerprint density at radius 2 is 1.05 bits per heavy atom. The summed E-state index contributed by atoms with van der Waals surface area (Å²) in [6.45, 7) is 14.4. The van der Waals surface area contributed by atoms with Crippen molar-refractivity contribution in [2.45, 2.75) is 272 Å². The second kappa shape index (κ2) is 25.8. The minimum absolute atomic E-state index is 0.00228. The number of ether oxygens (including phenoxy) is 10. The van der Waals surface area contributed by atoms with Crippen molar-refractivity contribution in [3.63, 3.8) is 0 Å². The van der Waals surface area contributed by atoms with Gasteiger partial charge in [0.15, 0.2) is 31.5 Å². The minimum Gasteiger partial charge on any atom is -0.394 e. The predicted molar refractivity (Wildman–Crippen MR) is 287 cm³/mol. The molecular formula is C58H98O26. The van der Waals surface area contributed by atoms with Crippen molar-refractivity contribution in [2.75, 3.05) is 33.0 Å². The van der Waals surface area contributed by atoms with Crippen LogP contribution in [0.1, 0.15) is 113 Å². The van der Waals surface area contributed by atoms with Gasteiger partial charge in [-0.3, -0.25) is 0 Å². The van der Waals surface area contributed by atoms with Crippen molar-refractivity contribution in [1.82, 2.24) is 0 Å². The molecule has 5 aliphatic heterocycles. The fourth-order valence-corrected chi connectivity index (χ4v) is 17.2. The van der Waals surface area contributed by atoms with Crippen LogP contribution in [0.4, 0.5) is 0 Å². The molecule has 486 valence electrons. The molecule has 84 heavy (non-hydrogen) atoms.